The van der Waals surface area contributed by atoms with Crippen LogP contribution in [0.2, 0.25) is 0 Å². The lowest BCUT2D eigenvalue weighted by atomic mass is 9.74. The van der Waals surface area contributed by atoms with Crippen LogP contribution >= 0.6 is 0 Å². The Hall–Kier alpha value is -3.89. The molecule has 14 heteroatoms. The lowest BCUT2D eigenvalue weighted by molar-refractivity contribution is -0.178. The third kappa shape index (κ3) is 5.54. The van der Waals surface area contributed by atoms with Gasteiger partial charge in [0.25, 0.3) is 5.91 Å². The second-order valence-corrected chi connectivity index (χ2v) is 11.4. The van der Waals surface area contributed by atoms with Crippen molar-refractivity contribution in [3.8, 4) is 11.8 Å². The zero-order valence-corrected chi connectivity index (χ0v) is 22.4. The monoisotopic (exact) mass is 576 g/mol. The van der Waals surface area contributed by atoms with Gasteiger partial charge in [-0.2, -0.15) is 18.4 Å². The molecule has 4 aliphatic rings. The van der Waals surface area contributed by atoms with E-state index in [2.05, 4.69) is 15.6 Å². The molecule has 0 bridgehead atoms. The number of nitriles is 1. The number of hydrogen-bond donors (Lipinski definition) is 3. The molecule has 220 valence electrons. The molecule has 1 aromatic rings. The Bertz CT molecular complexity index is 1290. The first-order chi connectivity index (χ1) is 19.4. The Morgan fingerprint density at radius 2 is 1.95 bits per heavy atom. The number of fused-ring (bicyclic) bond motifs is 1. The Morgan fingerprint density at radius 1 is 1.24 bits per heavy atom. The summed E-state index contributed by atoms with van der Waals surface area (Å²) in [5, 5.41) is 17.1. The second-order valence-electron chi connectivity index (χ2n) is 11.4. The third-order valence-electron chi connectivity index (χ3n) is 8.43. The van der Waals surface area contributed by atoms with Crippen LogP contribution in [0.15, 0.2) is 18.3 Å². The number of ether oxygens (including phenoxy) is 1. The van der Waals surface area contributed by atoms with Gasteiger partial charge in [0.05, 0.1) is 25.1 Å². The maximum Gasteiger partial charge on any atom is 0.471 e. The minimum absolute atomic E-state index is 0.0394. The molecule has 0 radical (unpaired) electrons. The number of likely N-dealkylation sites (N-methyl/N-ethyl adjacent to an activating group) is 1. The molecule has 0 aromatic carbocycles. The van der Waals surface area contributed by atoms with E-state index in [1.54, 1.807) is 12.1 Å². The number of nitrogens with zero attached hydrogens (tertiary/aromatic N) is 3. The summed E-state index contributed by atoms with van der Waals surface area (Å²) in [6, 6.07) is 4.09. The summed E-state index contributed by atoms with van der Waals surface area (Å²) >= 11 is 0. The smallest absolute Gasteiger partial charge is 0.471 e. The fourth-order valence-electron chi connectivity index (χ4n) is 5.95. The number of amides is 4. The zero-order valence-electron chi connectivity index (χ0n) is 22.4. The minimum Gasteiger partial charge on any atom is -0.473 e. The van der Waals surface area contributed by atoms with E-state index in [-0.39, 0.29) is 44.2 Å². The van der Waals surface area contributed by atoms with Gasteiger partial charge in [0.15, 0.2) is 0 Å². The normalized spacial score (nSPS) is 26.0. The predicted molar refractivity (Wildman–Crippen MR) is 134 cm³/mol. The Labute approximate surface area is 234 Å². The summed E-state index contributed by atoms with van der Waals surface area (Å²) in [4.78, 5) is 58.9. The van der Waals surface area contributed by atoms with Crippen LogP contribution in [0.5, 0.6) is 5.75 Å². The van der Waals surface area contributed by atoms with Crippen LogP contribution < -0.4 is 20.7 Å². The highest BCUT2D eigenvalue weighted by molar-refractivity contribution is 5.99. The van der Waals surface area contributed by atoms with Crippen molar-refractivity contribution in [2.75, 3.05) is 13.6 Å². The summed E-state index contributed by atoms with van der Waals surface area (Å²) in [7, 11) is 1.24. The lowest BCUT2D eigenvalue weighted by Crippen LogP contribution is -2.67. The number of alkyl halides is 3. The van der Waals surface area contributed by atoms with E-state index >= 15 is 0 Å². The van der Waals surface area contributed by atoms with Gasteiger partial charge in [-0.3, -0.25) is 24.2 Å². The average molecular weight is 577 g/mol. The van der Waals surface area contributed by atoms with Gasteiger partial charge in [0, 0.05) is 19.7 Å². The summed E-state index contributed by atoms with van der Waals surface area (Å²) in [5.74, 6) is -5.88. The lowest BCUT2D eigenvalue weighted by Gasteiger charge is -2.41. The predicted octanol–water partition coefficient (Wildman–Crippen LogP) is 1.33. The van der Waals surface area contributed by atoms with E-state index < -0.39 is 52.9 Å². The van der Waals surface area contributed by atoms with E-state index in [9.17, 15) is 37.6 Å². The maximum atomic E-state index is 14.4. The molecule has 3 heterocycles. The van der Waals surface area contributed by atoms with Gasteiger partial charge < -0.3 is 25.6 Å². The van der Waals surface area contributed by atoms with Gasteiger partial charge in [0.1, 0.15) is 23.0 Å². The van der Waals surface area contributed by atoms with Crippen molar-refractivity contribution in [1.82, 2.24) is 25.8 Å². The van der Waals surface area contributed by atoms with Crippen molar-refractivity contribution in [3.63, 3.8) is 0 Å². The molecule has 2 aliphatic carbocycles. The van der Waals surface area contributed by atoms with Gasteiger partial charge in [-0.25, -0.2) is 0 Å². The van der Waals surface area contributed by atoms with Crippen molar-refractivity contribution in [3.05, 3.63) is 24.0 Å². The second kappa shape index (κ2) is 10.5. The summed E-state index contributed by atoms with van der Waals surface area (Å²) in [5.41, 5.74) is -3.41. The molecule has 1 unspecified atom stereocenters. The third-order valence-corrected chi connectivity index (χ3v) is 8.43. The first kappa shape index (κ1) is 28.6. The number of hydrogen-bond acceptors (Lipinski definition) is 7. The van der Waals surface area contributed by atoms with Crippen LogP contribution in [0.4, 0.5) is 13.2 Å². The molecule has 41 heavy (non-hydrogen) atoms. The number of halogens is 3. The van der Waals surface area contributed by atoms with Gasteiger partial charge >= 0.3 is 12.1 Å². The van der Waals surface area contributed by atoms with Crippen molar-refractivity contribution in [1.29, 1.82) is 5.26 Å². The van der Waals surface area contributed by atoms with Crippen LogP contribution in [0.1, 0.15) is 50.6 Å². The molecule has 11 nitrogen and oxygen atoms in total. The minimum atomic E-state index is -5.30. The highest BCUT2D eigenvalue weighted by Crippen LogP contribution is 2.46. The van der Waals surface area contributed by atoms with Crippen molar-refractivity contribution < 1.29 is 37.1 Å². The van der Waals surface area contributed by atoms with Crippen LogP contribution in [0, 0.1) is 29.1 Å². The molecule has 1 aromatic heterocycles. The molecule has 1 saturated heterocycles. The molecular formula is C27H31F3N6O5. The van der Waals surface area contributed by atoms with Crippen molar-refractivity contribution in [2.45, 2.75) is 74.8 Å². The first-order valence-corrected chi connectivity index (χ1v) is 13.7. The van der Waals surface area contributed by atoms with E-state index in [4.69, 9.17) is 4.74 Å². The standard InChI is InChI=1S/C27H31F3N6O5/c1-32-23(39)26(10-16-6-7-16,35-24(40)27(28,29)30)18(9-15-4-5-15)21(37)36-14-25(11-17(36)12-31)22(38)34-13-19-20(41-25)3-2-8-33-19/h2-3,8,15-18H,4-7,9-11,13-14H2,1H3,(H,32,39)(H,34,38)(H,35,40)/t17-,18+,25+,26?/m0/s1. The quantitative estimate of drug-likeness (QED) is 0.422. The summed E-state index contributed by atoms with van der Waals surface area (Å²) in [6.07, 6.45) is -1.38. The molecule has 1 spiro atoms. The van der Waals surface area contributed by atoms with Crippen molar-refractivity contribution >= 4 is 23.6 Å². The van der Waals surface area contributed by atoms with Gasteiger partial charge in [-0.05, 0) is 36.8 Å². The number of aromatic nitrogens is 1. The number of carbonyl (C=O) groups is 4. The molecule has 5 rings (SSSR count). The van der Waals surface area contributed by atoms with Crippen LogP contribution in [-0.4, -0.2) is 70.5 Å². The number of carbonyl (C=O) groups excluding carboxylic acids is 4. The number of pyridine rings is 1. The summed E-state index contributed by atoms with van der Waals surface area (Å²) < 4.78 is 46.8. The number of nitrogens with one attached hydrogen (secondary N) is 3. The average Bonchev–Trinajstić information content (AvgIpc) is 3.87. The molecule has 2 aliphatic heterocycles. The largest absolute Gasteiger partial charge is 0.473 e. The van der Waals surface area contributed by atoms with E-state index in [1.165, 1.54) is 13.2 Å². The first-order valence-electron chi connectivity index (χ1n) is 13.7. The molecule has 4 atom stereocenters. The van der Waals surface area contributed by atoms with Gasteiger partial charge in [0.2, 0.25) is 17.4 Å². The van der Waals surface area contributed by atoms with E-state index in [0.717, 1.165) is 4.90 Å². The molecule has 4 amide bonds. The van der Waals surface area contributed by atoms with Crippen LogP contribution in [0.25, 0.3) is 0 Å². The van der Waals surface area contributed by atoms with Crippen molar-refractivity contribution in [2.24, 2.45) is 17.8 Å². The topological polar surface area (TPSA) is 154 Å². The molecule has 3 fully saturated rings. The highest BCUT2D eigenvalue weighted by Gasteiger charge is 2.60. The highest BCUT2D eigenvalue weighted by atomic mass is 19.4. The number of rotatable bonds is 8. The zero-order chi connectivity index (χ0) is 29.6. The van der Waals surface area contributed by atoms with Crippen LogP contribution in [0.3, 0.4) is 0 Å². The van der Waals surface area contributed by atoms with Gasteiger partial charge in [-0.1, -0.05) is 25.7 Å². The molecular weight excluding hydrogens is 545 g/mol. The maximum absolute atomic E-state index is 14.4. The Kier molecular flexibility index (Phi) is 7.33. The fourth-order valence-corrected chi connectivity index (χ4v) is 5.95. The van der Waals surface area contributed by atoms with Gasteiger partial charge in [-0.15, -0.1) is 0 Å². The molecule has 2 saturated carbocycles. The number of likely N-dealkylation sites (tertiary alicyclic amines) is 1. The summed E-state index contributed by atoms with van der Waals surface area (Å²) in [6.45, 7) is -0.303. The fraction of sp³-hybridized carbons (Fsp3) is 0.630. The van der Waals surface area contributed by atoms with Crippen LogP contribution in [-0.2, 0) is 25.7 Å². The Morgan fingerprint density at radius 3 is 2.56 bits per heavy atom. The molecule has 3 N–H and O–H groups in total. The Balaban J connectivity index is 1.54. The van der Waals surface area contributed by atoms with E-state index in [0.29, 0.717) is 37.1 Å². The SMILES string of the molecule is CNC(=O)C(CC1CC1)(NC(=O)C(F)(F)F)[C@H](CC1CC1)C(=O)N1C[C@@]2(C[C@H]1C#N)Oc1cccnc1CNC2=O. The van der Waals surface area contributed by atoms with E-state index in [1.807, 2.05) is 11.4 Å².